The third kappa shape index (κ3) is 3.72. The highest BCUT2D eigenvalue weighted by Gasteiger charge is 2.11. The molecule has 3 aromatic rings. The monoisotopic (exact) mass is 336 g/mol. The largest absolute Gasteiger partial charge is 0.348 e. The number of hydrogen-bond acceptors (Lipinski definition) is 3. The Morgan fingerprint density at radius 1 is 1.16 bits per heavy atom. The number of carbonyl (C=O) groups is 1. The van der Waals surface area contributed by atoms with E-state index in [0.717, 1.165) is 29.0 Å². The standard InChI is InChI=1S/C20H24N4O/c1-14-22-18-11-15(9-10-19(18)24(14)4)20(25)21-12-16-7-5-6-8-17(16)13-23(2)3/h5-11H,12-13H2,1-4H3,(H,21,25). The van der Waals surface area contributed by atoms with Crippen LogP contribution in [-0.2, 0) is 20.1 Å². The van der Waals surface area contributed by atoms with Crippen molar-refractivity contribution in [3.63, 3.8) is 0 Å². The van der Waals surface area contributed by atoms with Gasteiger partial charge in [-0.15, -0.1) is 0 Å². The van der Waals surface area contributed by atoms with Crippen LogP contribution in [0.25, 0.3) is 11.0 Å². The van der Waals surface area contributed by atoms with E-state index < -0.39 is 0 Å². The van der Waals surface area contributed by atoms with Gasteiger partial charge in [0, 0.05) is 25.7 Å². The van der Waals surface area contributed by atoms with E-state index in [1.54, 1.807) is 0 Å². The van der Waals surface area contributed by atoms with Crippen molar-refractivity contribution in [3.8, 4) is 0 Å². The Morgan fingerprint density at radius 3 is 2.60 bits per heavy atom. The molecule has 0 aliphatic carbocycles. The van der Waals surface area contributed by atoms with Crippen molar-refractivity contribution in [2.24, 2.45) is 7.05 Å². The van der Waals surface area contributed by atoms with Gasteiger partial charge in [-0.25, -0.2) is 4.98 Å². The molecule has 5 heteroatoms. The number of imidazole rings is 1. The van der Waals surface area contributed by atoms with E-state index in [2.05, 4.69) is 27.3 Å². The molecule has 0 radical (unpaired) electrons. The van der Waals surface area contributed by atoms with E-state index in [1.165, 1.54) is 5.56 Å². The lowest BCUT2D eigenvalue weighted by Gasteiger charge is -2.14. The van der Waals surface area contributed by atoms with Crippen molar-refractivity contribution in [1.82, 2.24) is 19.8 Å². The zero-order valence-corrected chi connectivity index (χ0v) is 15.2. The second-order valence-corrected chi connectivity index (χ2v) is 6.61. The van der Waals surface area contributed by atoms with Crippen LogP contribution >= 0.6 is 0 Å². The average Bonchev–Trinajstić information content (AvgIpc) is 2.87. The minimum absolute atomic E-state index is 0.0788. The molecule has 0 bridgehead atoms. The quantitative estimate of drug-likeness (QED) is 0.779. The van der Waals surface area contributed by atoms with Gasteiger partial charge in [-0.3, -0.25) is 4.79 Å². The van der Waals surface area contributed by atoms with Crippen molar-refractivity contribution in [3.05, 3.63) is 65.0 Å². The minimum atomic E-state index is -0.0788. The zero-order valence-electron chi connectivity index (χ0n) is 15.2. The summed E-state index contributed by atoms with van der Waals surface area (Å²) in [6.07, 6.45) is 0. The summed E-state index contributed by atoms with van der Waals surface area (Å²) in [5, 5.41) is 3.02. The van der Waals surface area contributed by atoms with E-state index >= 15 is 0 Å². The molecule has 2 aromatic carbocycles. The molecule has 1 N–H and O–H groups in total. The number of rotatable bonds is 5. The lowest BCUT2D eigenvalue weighted by atomic mass is 10.1. The Morgan fingerprint density at radius 2 is 1.88 bits per heavy atom. The topological polar surface area (TPSA) is 50.2 Å². The molecule has 0 fully saturated rings. The maximum atomic E-state index is 12.5. The molecular weight excluding hydrogens is 312 g/mol. The van der Waals surface area contributed by atoms with Crippen LogP contribution in [0.1, 0.15) is 27.3 Å². The fourth-order valence-electron chi connectivity index (χ4n) is 2.96. The molecule has 0 spiro atoms. The van der Waals surface area contributed by atoms with Gasteiger partial charge in [0.1, 0.15) is 5.82 Å². The Bertz CT molecular complexity index is 911. The molecule has 0 unspecified atom stereocenters. The van der Waals surface area contributed by atoms with Crippen LogP contribution < -0.4 is 5.32 Å². The first-order valence-electron chi connectivity index (χ1n) is 8.38. The molecule has 25 heavy (non-hydrogen) atoms. The highest BCUT2D eigenvalue weighted by molar-refractivity contribution is 5.97. The second-order valence-electron chi connectivity index (χ2n) is 6.61. The summed E-state index contributed by atoms with van der Waals surface area (Å²) in [7, 11) is 6.06. The van der Waals surface area contributed by atoms with E-state index in [0.29, 0.717) is 12.1 Å². The minimum Gasteiger partial charge on any atom is -0.348 e. The average molecular weight is 336 g/mol. The molecule has 0 saturated carbocycles. The van der Waals surface area contributed by atoms with E-state index in [1.807, 2.05) is 63.0 Å². The van der Waals surface area contributed by atoms with Crippen LogP contribution in [0.4, 0.5) is 0 Å². The fourth-order valence-corrected chi connectivity index (χ4v) is 2.96. The van der Waals surface area contributed by atoms with Crippen molar-refractivity contribution in [2.75, 3.05) is 14.1 Å². The van der Waals surface area contributed by atoms with Crippen molar-refractivity contribution >= 4 is 16.9 Å². The van der Waals surface area contributed by atoms with Gasteiger partial charge in [0.15, 0.2) is 0 Å². The van der Waals surface area contributed by atoms with Crippen LogP contribution in [0.2, 0.25) is 0 Å². The third-order valence-corrected chi connectivity index (χ3v) is 4.41. The first-order valence-corrected chi connectivity index (χ1v) is 8.38. The predicted molar refractivity (Wildman–Crippen MR) is 100 cm³/mol. The molecular formula is C20H24N4O. The summed E-state index contributed by atoms with van der Waals surface area (Å²) in [6.45, 7) is 3.33. The van der Waals surface area contributed by atoms with Crippen LogP contribution in [-0.4, -0.2) is 34.5 Å². The number of benzene rings is 2. The SMILES string of the molecule is Cc1nc2cc(C(=O)NCc3ccccc3CN(C)C)ccc2n1C. The lowest BCUT2D eigenvalue weighted by Crippen LogP contribution is -2.24. The van der Waals surface area contributed by atoms with E-state index in [9.17, 15) is 4.79 Å². The summed E-state index contributed by atoms with van der Waals surface area (Å²) in [5.74, 6) is 0.857. The predicted octanol–water partition coefficient (Wildman–Crippen LogP) is 2.87. The zero-order chi connectivity index (χ0) is 18.0. The normalized spacial score (nSPS) is 11.2. The lowest BCUT2D eigenvalue weighted by molar-refractivity contribution is 0.0951. The molecule has 0 aliphatic rings. The Kier molecular flexibility index (Phi) is 4.86. The summed E-state index contributed by atoms with van der Waals surface area (Å²) in [4.78, 5) is 19.2. The van der Waals surface area contributed by atoms with Gasteiger partial charge < -0.3 is 14.8 Å². The van der Waals surface area contributed by atoms with E-state index in [4.69, 9.17) is 0 Å². The number of nitrogens with one attached hydrogen (secondary N) is 1. The number of fused-ring (bicyclic) bond motifs is 1. The van der Waals surface area contributed by atoms with Crippen molar-refractivity contribution in [1.29, 1.82) is 0 Å². The van der Waals surface area contributed by atoms with Gasteiger partial charge in [-0.2, -0.15) is 0 Å². The van der Waals surface area contributed by atoms with Gasteiger partial charge in [-0.05, 0) is 50.3 Å². The molecule has 0 aliphatic heterocycles. The van der Waals surface area contributed by atoms with Gasteiger partial charge in [0.2, 0.25) is 0 Å². The van der Waals surface area contributed by atoms with Crippen LogP contribution in [0.15, 0.2) is 42.5 Å². The highest BCUT2D eigenvalue weighted by atomic mass is 16.1. The van der Waals surface area contributed by atoms with Gasteiger partial charge in [0.25, 0.3) is 5.91 Å². The summed E-state index contributed by atoms with van der Waals surface area (Å²) >= 11 is 0. The molecule has 0 atom stereocenters. The van der Waals surface area contributed by atoms with Gasteiger partial charge in [-0.1, -0.05) is 24.3 Å². The summed E-state index contributed by atoms with van der Waals surface area (Å²) in [6, 6.07) is 13.8. The maximum Gasteiger partial charge on any atom is 0.251 e. The molecule has 5 nitrogen and oxygen atoms in total. The molecule has 1 heterocycles. The van der Waals surface area contributed by atoms with Gasteiger partial charge >= 0.3 is 0 Å². The maximum absolute atomic E-state index is 12.5. The van der Waals surface area contributed by atoms with Crippen molar-refractivity contribution in [2.45, 2.75) is 20.0 Å². The number of hydrogen-bond donors (Lipinski definition) is 1. The number of aryl methyl sites for hydroxylation is 2. The van der Waals surface area contributed by atoms with Gasteiger partial charge in [0.05, 0.1) is 11.0 Å². The van der Waals surface area contributed by atoms with Crippen LogP contribution in [0.3, 0.4) is 0 Å². The number of amides is 1. The number of carbonyl (C=O) groups excluding carboxylic acids is 1. The smallest absolute Gasteiger partial charge is 0.251 e. The Balaban J connectivity index is 1.75. The molecule has 3 rings (SSSR count). The first-order chi connectivity index (χ1) is 12.0. The second kappa shape index (κ2) is 7.07. The number of aromatic nitrogens is 2. The van der Waals surface area contributed by atoms with Crippen LogP contribution in [0.5, 0.6) is 0 Å². The molecule has 1 amide bonds. The fraction of sp³-hybridized carbons (Fsp3) is 0.300. The Labute approximate surface area is 148 Å². The first kappa shape index (κ1) is 17.2. The van der Waals surface area contributed by atoms with Crippen molar-refractivity contribution < 1.29 is 4.79 Å². The van der Waals surface area contributed by atoms with E-state index in [-0.39, 0.29) is 5.91 Å². The summed E-state index contributed by atoms with van der Waals surface area (Å²) < 4.78 is 2.02. The summed E-state index contributed by atoms with van der Waals surface area (Å²) in [5.41, 5.74) is 4.88. The Hall–Kier alpha value is -2.66. The highest BCUT2D eigenvalue weighted by Crippen LogP contribution is 2.17. The number of nitrogens with zero attached hydrogens (tertiary/aromatic N) is 3. The molecule has 130 valence electrons. The molecule has 1 aromatic heterocycles. The third-order valence-electron chi connectivity index (χ3n) is 4.41. The van der Waals surface area contributed by atoms with Crippen LogP contribution in [0, 0.1) is 6.92 Å². The molecule has 0 saturated heterocycles.